The second kappa shape index (κ2) is 10.6. The smallest absolute Gasteiger partial charge is 0.416 e. The second-order valence-corrected chi connectivity index (χ2v) is 8.17. The number of ether oxygens (including phenoxy) is 1. The molecule has 196 valence electrons. The first kappa shape index (κ1) is 25.4. The SMILES string of the molecule is O=C(COc1ccccc1-c1nc(-c2ccc(C(F)(F)F)cc2)no1)NNC(=O)c1ccc2ccccc2n1. The number of aromatic nitrogens is 3. The molecule has 0 aliphatic carbocycles. The highest BCUT2D eigenvalue weighted by Gasteiger charge is 2.30. The van der Waals surface area contributed by atoms with E-state index in [-0.39, 0.29) is 23.2 Å². The quantitative estimate of drug-likeness (QED) is 0.301. The van der Waals surface area contributed by atoms with Gasteiger partial charge in [0.25, 0.3) is 17.7 Å². The number of nitrogens with one attached hydrogen (secondary N) is 2. The standard InChI is InChI=1S/C27H18F3N5O4/c28-27(29,30)18-12-9-17(10-13-18)24-32-26(39-35-24)19-6-2-4-8-22(19)38-15-23(36)33-34-25(37)21-14-11-16-5-1-3-7-20(16)31-21/h1-14H,15H2,(H,33,36)(H,34,37). The van der Waals surface area contributed by atoms with E-state index in [1.165, 1.54) is 12.1 Å². The number of para-hydroxylation sites is 2. The summed E-state index contributed by atoms with van der Waals surface area (Å²) >= 11 is 0. The predicted octanol–water partition coefficient (Wildman–Crippen LogP) is 4.81. The zero-order valence-electron chi connectivity index (χ0n) is 19.9. The van der Waals surface area contributed by atoms with Crippen LogP contribution in [0.15, 0.2) is 89.5 Å². The monoisotopic (exact) mass is 533 g/mol. The number of hydrogen-bond donors (Lipinski definition) is 2. The van der Waals surface area contributed by atoms with Gasteiger partial charge in [-0.05, 0) is 36.4 Å². The van der Waals surface area contributed by atoms with Crippen LogP contribution < -0.4 is 15.6 Å². The molecule has 39 heavy (non-hydrogen) atoms. The molecule has 0 unspecified atom stereocenters. The number of rotatable bonds is 6. The van der Waals surface area contributed by atoms with Crippen LogP contribution in [0.3, 0.4) is 0 Å². The highest BCUT2D eigenvalue weighted by Crippen LogP contribution is 2.32. The zero-order chi connectivity index (χ0) is 27.4. The molecule has 2 heterocycles. The zero-order valence-corrected chi connectivity index (χ0v) is 19.9. The van der Waals surface area contributed by atoms with Crippen molar-refractivity contribution in [2.75, 3.05) is 6.61 Å². The maximum absolute atomic E-state index is 12.8. The molecule has 2 aromatic heterocycles. The topological polar surface area (TPSA) is 119 Å². The fraction of sp³-hybridized carbons (Fsp3) is 0.0741. The number of amides is 2. The Morgan fingerprint density at radius 1 is 0.846 bits per heavy atom. The van der Waals surface area contributed by atoms with Gasteiger partial charge in [-0.25, -0.2) is 4.98 Å². The Labute approximate surface area is 218 Å². The normalized spacial score (nSPS) is 11.3. The number of halogens is 3. The number of alkyl halides is 3. The molecule has 0 aliphatic rings. The summed E-state index contributed by atoms with van der Waals surface area (Å²) < 4.78 is 49.3. The lowest BCUT2D eigenvalue weighted by molar-refractivity contribution is -0.137. The van der Waals surface area contributed by atoms with Gasteiger partial charge < -0.3 is 9.26 Å². The molecule has 2 amide bonds. The lowest BCUT2D eigenvalue weighted by Gasteiger charge is -2.10. The van der Waals surface area contributed by atoms with Gasteiger partial charge in [0.05, 0.1) is 16.6 Å². The van der Waals surface area contributed by atoms with Gasteiger partial charge in [-0.15, -0.1) is 0 Å². The molecule has 0 aliphatic heterocycles. The summed E-state index contributed by atoms with van der Waals surface area (Å²) in [5, 5.41) is 4.70. The molecule has 0 saturated heterocycles. The van der Waals surface area contributed by atoms with E-state index in [4.69, 9.17) is 9.26 Å². The van der Waals surface area contributed by atoms with Gasteiger partial charge in [0.2, 0.25) is 5.82 Å². The molecule has 0 fully saturated rings. The minimum atomic E-state index is -4.46. The molecule has 0 atom stereocenters. The summed E-state index contributed by atoms with van der Waals surface area (Å²) in [4.78, 5) is 33.2. The molecule has 0 radical (unpaired) electrons. The highest BCUT2D eigenvalue weighted by molar-refractivity contribution is 5.96. The van der Waals surface area contributed by atoms with E-state index in [1.807, 2.05) is 12.1 Å². The van der Waals surface area contributed by atoms with Crippen molar-refractivity contribution >= 4 is 22.7 Å². The highest BCUT2D eigenvalue weighted by atomic mass is 19.4. The maximum atomic E-state index is 12.8. The van der Waals surface area contributed by atoms with Crippen LogP contribution in [0.2, 0.25) is 0 Å². The van der Waals surface area contributed by atoms with Gasteiger partial charge in [-0.1, -0.05) is 53.7 Å². The van der Waals surface area contributed by atoms with Crippen molar-refractivity contribution in [1.29, 1.82) is 0 Å². The fourth-order valence-electron chi connectivity index (χ4n) is 3.59. The Morgan fingerprint density at radius 2 is 1.59 bits per heavy atom. The Hall–Kier alpha value is -5.26. The fourth-order valence-corrected chi connectivity index (χ4v) is 3.59. The molecular weight excluding hydrogens is 515 g/mol. The summed E-state index contributed by atoms with van der Waals surface area (Å²) in [5.41, 5.74) is 5.21. The van der Waals surface area contributed by atoms with Crippen LogP contribution in [-0.4, -0.2) is 33.5 Å². The van der Waals surface area contributed by atoms with Crippen LogP contribution >= 0.6 is 0 Å². The van der Waals surface area contributed by atoms with Gasteiger partial charge in [-0.2, -0.15) is 18.2 Å². The van der Waals surface area contributed by atoms with E-state index in [0.717, 1.165) is 17.5 Å². The molecule has 9 nitrogen and oxygen atoms in total. The Balaban J connectivity index is 1.21. The number of nitrogens with zero attached hydrogens (tertiary/aromatic N) is 3. The molecule has 5 rings (SSSR count). The summed E-state index contributed by atoms with van der Waals surface area (Å²) in [5.74, 6) is -0.892. The first-order valence-electron chi connectivity index (χ1n) is 11.5. The summed E-state index contributed by atoms with van der Waals surface area (Å²) in [6.45, 7) is -0.456. The van der Waals surface area contributed by atoms with E-state index in [0.29, 0.717) is 16.6 Å². The molecule has 2 N–H and O–H groups in total. The van der Waals surface area contributed by atoms with Crippen molar-refractivity contribution in [2.24, 2.45) is 0 Å². The third kappa shape index (κ3) is 5.85. The van der Waals surface area contributed by atoms with Crippen LogP contribution in [0.4, 0.5) is 13.2 Å². The minimum Gasteiger partial charge on any atom is -0.483 e. The van der Waals surface area contributed by atoms with E-state index in [9.17, 15) is 22.8 Å². The molecule has 0 bridgehead atoms. The van der Waals surface area contributed by atoms with E-state index in [2.05, 4.69) is 26.0 Å². The first-order valence-corrected chi connectivity index (χ1v) is 11.5. The van der Waals surface area contributed by atoms with Gasteiger partial charge in [0.1, 0.15) is 11.4 Å². The number of benzene rings is 3. The molecule has 0 saturated carbocycles. The van der Waals surface area contributed by atoms with Crippen molar-refractivity contribution in [3.8, 4) is 28.6 Å². The van der Waals surface area contributed by atoms with Crippen molar-refractivity contribution in [2.45, 2.75) is 6.18 Å². The largest absolute Gasteiger partial charge is 0.483 e. The van der Waals surface area contributed by atoms with Crippen LogP contribution in [0.5, 0.6) is 5.75 Å². The van der Waals surface area contributed by atoms with Crippen LogP contribution in [0, 0.1) is 0 Å². The van der Waals surface area contributed by atoms with Gasteiger partial charge in [0.15, 0.2) is 6.61 Å². The third-order valence-electron chi connectivity index (χ3n) is 5.52. The van der Waals surface area contributed by atoms with E-state index in [1.54, 1.807) is 48.5 Å². The summed E-state index contributed by atoms with van der Waals surface area (Å²) in [6.07, 6.45) is -4.46. The summed E-state index contributed by atoms with van der Waals surface area (Å²) in [6, 6.07) is 21.5. The first-order chi connectivity index (χ1) is 18.8. The van der Waals surface area contributed by atoms with E-state index >= 15 is 0 Å². The van der Waals surface area contributed by atoms with Gasteiger partial charge in [0, 0.05) is 10.9 Å². The van der Waals surface area contributed by atoms with Crippen molar-refractivity contribution in [3.05, 3.63) is 96.2 Å². The number of carbonyl (C=O) groups is 2. The van der Waals surface area contributed by atoms with Gasteiger partial charge >= 0.3 is 6.18 Å². The molecule has 3 aromatic carbocycles. The Morgan fingerprint density at radius 3 is 2.38 bits per heavy atom. The van der Waals surface area contributed by atoms with Crippen LogP contribution in [0.1, 0.15) is 16.1 Å². The lowest BCUT2D eigenvalue weighted by atomic mass is 10.1. The summed E-state index contributed by atoms with van der Waals surface area (Å²) in [7, 11) is 0. The van der Waals surface area contributed by atoms with Gasteiger partial charge in [-0.3, -0.25) is 20.4 Å². The number of pyridine rings is 1. The Bertz CT molecular complexity index is 1650. The maximum Gasteiger partial charge on any atom is 0.416 e. The van der Waals surface area contributed by atoms with Crippen molar-refractivity contribution in [3.63, 3.8) is 0 Å². The lowest BCUT2D eigenvalue weighted by Crippen LogP contribution is -2.44. The number of carbonyl (C=O) groups excluding carboxylic acids is 2. The predicted molar refractivity (Wildman–Crippen MR) is 133 cm³/mol. The van der Waals surface area contributed by atoms with Crippen LogP contribution in [0.25, 0.3) is 33.7 Å². The minimum absolute atomic E-state index is 0.0385. The number of fused-ring (bicyclic) bond motifs is 1. The number of hydrogen-bond acceptors (Lipinski definition) is 7. The third-order valence-corrected chi connectivity index (χ3v) is 5.52. The van der Waals surface area contributed by atoms with E-state index < -0.39 is 30.2 Å². The number of hydrazine groups is 1. The Kier molecular flexibility index (Phi) is 6.91. The molecule has 12 heteroatoms. The second-order valence-electron chi connectivity index (χ2n) is 8.17. The molecule has 5 aromatic rings. The van der Waals surface area contributed by atoms with Crippen molar-refractivity contribution in [1.82, 2.24) is 26.0 Å². The average molecular weight is 533 g/mol. The van der Waals surface area contributed by atoms with Crippen molar-refractivity contribution < 1.29 is 32.0 Å². The molecular formula is C27H18F3N5O4. The molecule has 0 spiro atoms. The average Bonchev–Trinajstić information content (AvgIpc) is 3.44. The van der Waals surface area contributed by atoms with Crippen LogP contribution in [-0.2, 0) is 11.0 Å².